The van der Waals surface area contributed by atoms with Crippen LogP contribution in [-0.4, -0.2) is 79.0 Å². The molecular weight excluding hydrogens is 507 g/mol. The van der Waals surface area contributed by atoms with Crippen LogP contribution in [0.25, 0.3) is 0 Å². The topological polar surface area (TPSA) is 106 Å². The van der Waals surface area contributed by atoms with E-state index in [1.54, 1.807) is 4.90 Å². The number of alkyl halides is 7. The Morgan fingerprint density at radius 2 is 1.68 bits per heavy atom. The highest BCUT2D eigenvalue weighted by atomic mass is 32.2. The number of halogens is 7. The number of carbonyl (C=O) groups excluding carboxylic acids is 1. The predicted octanol–water partition coefficient (Wildman–Crippen LogP) is 3.49. The summed E-state index contributed by atoms with van der Waals surface area (Å²) in [6, 6.07) is 0. The third-order valence-electron chi connectivity index (χ3n) is 5.36. The number of ether oxygens (including phenoxy) is 3. The maximum Gasteiger partial charge on any atom is 0.458 e. The summed E-state index contributed by atoms with van der Waals surface area (Å²) in [5, 5.41) is -5.79. The fraction of sp³-hybridized carbons (Fsp3) is 0.833. The third-order valence-corrected chi connectivity index (χ3v) is 6.31. The molecule has 16 heteroatoms. The van der Waals surface area contributed by atoms with Crippen molar-refractivity contribution in [3.05, 3.63) is 12.7 Å². The van der Waals surface area contributed by atoms with Gasteiger partial charge in [0.2, 0.25) is 0 Å². The number of rotatable bonds is 12. The minimum atomic E-state index is -6.43. The van der Waals surface area contributed by atoms with Gasteiger partial charge < -0.3 is 14.2 Å². The molecule has 3 atom stereocenters. The van der Waals surface area contributed by atoms with Gasteiger partial charge in [0.25, 0.3) is 0 Å². The van der Waals surface area contributed by atoms with Crippen LogP contribution < -0.4 is 0 Å². The van der Waals surface area contributed by atoms with E-state index in [-0.39, 0.29) is 0 Å². The first-order chi connectivity index (χ1) is 15.5. The van der Waals surface area contributed by atoms with E-state index in [1.165, 1.54) is 0 Å². The largest absolute Gasteiger partial charge is 0.458 e. The van der Waals surface area contributed by atoms with E-state index >= 15 is 0 Å². The molecule has 2 aliphatic heterocycles. The van der Waals surface area contributed by atoms with Crippen LogP contribution in [0.3, 0.4) is 0 Å². The Bertz CT molecular complexity index is 846. The van der Waals surface area contributed by atoms with Crippen molar-refractivity contribution in [1.29, 1.82) is 0 Å². The first-order valence-electron chi connectivity index (χ1n) is 10.2. The highest BCUT2D eigenvalue weighted by Crippen LogP contribution is 2.48. The van der Waals surface area contributed by atoms with Crippen molar-refractivity contribution < 1.29 is 62.7 Å². The Kier molecular flexibility index (Phi) is 8.66. The zero-order valence-electron chi connectivity index (χ0n) is 17.7. The van der Waals surface area contributed by atoms with Crippen molar-refractivity contribution in [2.75, 3.05) is 19.7 Å². The fourth-order valence-corrected chi connectivity index (χ4v) is 3.98. The molecule has 2 saturated heterocycles. The summed E-state index contributed by atoms with van der Waals surface area (Å²) in [4.78, 5) is 13.3. The van der Waals surface area contributed by atoms with Gasteiger partial charge in [0.1, 0.15) is 6.23 Å². The van der Waals surface area contributed by atoms with Crippen molar-refractivity contribution >= 4 is 16.1 Å². The summed E-state index contributed by atoms with van der Waals surface area (Å²) >= 11 is 0. The van der Waals surface area contributed by atoms with Crippen molar-refractivity contribution in [2.45, 2.75) is 74.0 Å². The fourth-order valence-electron chi connectivity index (χ4n) is 3.50. The molecule has 0 spiro atoms. The Balaban J connectivity index is 2.09. The monoisotopic (exact) mass is 531 g/mol. The van der Waals surface area contributed by atoms with Crippen LogP contribution in [0.5, 0.6) is 0 Å². The summed E-state index contributed by atoms with van der Waals surface area (Å²) in [6.45, 7) is 2.90. The van der Waals surface area contributed by atoms with E-state index in [4.69, 9.17) is 14.0 Å². The summed E-state index contributed by atoms with van der Waals surface area (Å²) in [5.74, 6) is -10.3. The second kappa shape index (κ2) is 10.2. The molecule has 198 valence electrons. The minimum absolute atomic E-state index is 0.432. The molecule has 0 aliphatic carbocycles. The van der Waals surface area contributed by atoms with E-state index in [0.717, 1.165) is 6.42 Å². The number of unbranched alkanes of at least 4 members (excludes halogenated alkanes) is 1. The van der Waals surface area contributed by atoms with Crippen LogP contribution in [0.4, 0.5) is 30.7 Å². The molecule has 2 aliphatic rings. The normalized spacial score (nSPS) is 24.4. The van der Waals surface area contributed by atoms with E-state index < -0.39 is 77.4 Å². The lowest BCUT2D eigenvalue weighted by Gasteiger charge is -2.34. The molecule has 0 radical (unpaired) electrons. The van der Waals surface area contributed by atoms with Gasteiger partial charge in [0, 0.05) is 25.6 Å². The predicted molar refractivity (Wildman–Crippen MR) is 100 cm³/mol. The summed E-state index contributed by atoms with van der Waals surface area (Å²) in [7, 11) is -6.43. The third kappa shape index (κ3) is 6.01. The summed E-state index contributed by atoms with van der Waals surface area (Å²) in [6.07, 6.45) is -8.83. The van der Waals surface area contributed by atoms with E-state index in [1.807, 2.05) is 0 Å². The highest BCUT2D eigenvalue weighted by Gasteiger charge is 2.74. The molecule has 34 heavy (non-hydrogen) atoms. The number of nitrogens with zero attached hydrogens (tertiary/aromatic N) is 1. The molecule has 0 aromatic rings. The molecule has 2 rings (SSSR count). The Labute approximate surface area is 190 Å². The molecule has 2 fully saturated rings. The average Bonchev–Trinajstić information content (AvgIpc) is 3.52. The van der Waals surface area contributed by atoms with Gasteiger partial charge in [-0.3, -0.25) is 9.45 Å². The molecule has 1 N–H and O–H groups in total. The molecule has 0 aromatic heterocycles. The molecule has 0 bridgehead atoms. The zero-order valence-corrected chi connectivity index (χ0v) is 18.5. The van der Waals surface area contributed by atoms with Gasteiger partial charge in [0.05, 0.1) is 6.61 Å². The van der Waals surface area contributed by atoms with Crippen LogP contribution in [0.1, 0.15) is 38.5 Å². The van der Waals surface area contributed by atoms with Gasteiger partial charge in [-0.25, -0.2) is 4.79 Å². The lowest BCUT2D eigenvalue weighted by Crippen LogP contribution is -2.57. The number of carbonyl (C=O) groups is 1. The number of likely N-dealkylation sites (tertiary alicyclic amines) is 1. The van der Waals surface area contributed by atoms with Crippen LogP contribution in [0.2, 0.25) is 0 Å². The molecule has 2 heterocycles. The molecule has 0 aromatic carbocycles. The first-order valence-corrected chi connectivity index (χ1v) is 11.6. The molecule has 0 amide bonds. The molecule has 8 nitrogen and oxygen atoms in total. The van der Waals surface area contributed by atoms with Gasteiger partial charge >= 0.3 is 39.2 Å². The molecular formula is C18H24F7NO7S. The van der Waals surface area contributed by atoms with Crippen molar-refractivity contribution in [3.8, 4) is 0 Å². The van der Waals surface area contributed by atoms with Gasteiger partial charge in [-0.1, -0.05) is 13.0 Å². The molecule has 0 saturated carbocycles. The smallest absolute Gasteiger partial charge is 0.417 e. The lowest BCUT2D eigenvalue weighted by molar-refractivity contribution is -0.372. The van der Waals surface area contributed by atoms with E-state index in [2.05, 4.69) is 11.3 Å². The number of piperidine rings is 1. The van der Waals surface area contributed by atoms with Gasteiger partial charge in [-0.05, 0) is 25.7 Å². The van der Waals surface area contributed by atoms with Crippen LogP contribution >= 0.6 is 0 Å². The van der Waals surface area contributed by atoms with E-state index in [9.17, 15) is 43.9 Å². The second-order valence-electron chi connectivity index (χ2n) is 7.84. The maximum atomic E-state index is 14.0. The lowest BCUT2D eigenvalue weighted by atomic mass is 10.1. The van der Waals surface area contributed by atoms with Crippen LogP contribution in [-0.2, 0) is 29.1 Å². The number of hydrogen-bond acceptors (Lipinski definition) is 7. The Hall–Kier alpha value is -1.49. The number of esters is 1. The maximum absolute atomic E-state index is 14.0. The highest BCUT2D eigenvalue weighted by molar-refractivity contribution is 7.87. The number of epoxide rings is 1. The average molecular weight is 531 g/mol. The van der Waals surface area contributed by atoms with Gasteiger partial charge in [-0.15, -0.1) is 0 Å². The van der Waals surface area contributed by atoms with Crippen molar-refractivity contribution in [3.63, 3.8) is 0 Å². The Morgan fingerprint density at radius 1 is 1.09 bits per heavy atom. The Morgan fingerprint density at radius 3 is 2.18 bits per heavy atom. The second-order valence-corrected chi connectivity index (χ2v) is 9.30. The van der Waals surface area contributed by atoms with Crippen LogP contribution in [0.15, 0.2) is 12.7 Å². The van der Waals surface area contributed by atoms with Gasteiger partial charge in [0.15, 0.2) is 6.10 Å². The van der Waals surface area contributed by atoms with Gasteiger partial charge in [-0.2, -0.15) is 39.2 Å². The molecule has 3 unspecified atom stereocenters. The number of hydrogen-bond donors (Lipinski definition) is 1. The SMILES string of the molecule is C=CC(=O)OC(OCCCCC(F)(F)C(F)(F)S(=O)(=O)O)(C1OC1N1CCCCC1)C(F)(F)F. The quantitative estimate of drug-likeness (QED) is 0.0777. The minimum Gasteiger partial charge on any atom is -0.417 e. The first kappa shape index (κ1) is 28.7. The van der Waals surface area contributed by atoms with Crippen molar-refractivity contribution in [1.82, 2.24) is 4.90 Å². The zero-order chi connectivity index (χ0) is 26.0. The summed E-state index contributed by atoms with van der Waals surface area (Å²) in [5.41, 5.74) is 0. The summed E-state index contributed by atoms with van der Waals surface area (Å²) < 4.78 is 139. The van der Waals surface area contributed by atoms with Crippen molar-refractivity contribution in [2.24, 2.45) is 0 Å². The standard InChI is InChI=1S/C18H24F7NO7S/c1-2-12(27)33-16(17(21,22)23,13-14(32-13)26-9-5-3-6-10-26)31-11-7-4-8-15(19,20)18(24,25)34(28,29)30/h2,13-14H,1,3-11H2,(H,28,29,30). The van der Waals surface area contributed by atoms with Crippen LogP contribution in [0, 0.1) is 0 Å². The van der Waals surface area contributed by atoms with E-state index in [0.29, 0.717) is 32.0 Å².